The largest absolute Gasteiger partial charge is 0.368 e. The highest BCUT2D eigenvalue weighted by molar-refractivity contribution is 5.60. The van der Waals surface area contributed by atoms with Gasteiger partial charge in [0.1, 0.15) is 5.69 Å². The predicted molar refractivity (Wildman–Crippen MR) is 77.4 cm³/mol. The van der Waals surface area contributed by atoms with Crippen LogP contribution in [0.25, 0.3) is 0 Å². The molecule has 1 saturated carbocycles. The Bertz CT molecular complexity index is 554. The van der Waals surface area contributed by atoms with Crippen molar-refractivity contribution < 1.29 is 4.92 Å². The Morgan fingerprint density at radius 2 is 1.85 bits per heavy atom. The zero-order valence-corrected chi connectivity index (χ0v) is 12.5. The maximum absolute atomic E-state index is 11.1. The molecule has 0 aromatic carbocycles. The molecule has 0 radical (unpaired) electrons. The molecule has 0 aliphatic heterocycles. The molecule has 110 valence electrons. The molecule has 1 aromatic rings. The van der Waals surface area contributed by atoms with Gasteiger partial charge in [-0.15, -0.1) is 0 Å². The molecule has 0 atom stereocenters. The van der Waals surface area contributed by atoms with Crippen LogP contribution in [0.15, 0.2) is 0 Å². The van der Waals surface area contributed by atoms with E-state index in [1.165, 1.54) is 0 Å². The van der Waals surface area contributed by atoms with Crippen LogP contribution in [0.4, 0.5) is 17.5 Å². The van der Waals surface area contributed by atoms with Gasteiger partial charge < -0.3 is 11.1 Å². The number of hydrogen-bond acceptors (Lipinski definition) is 6. The third kappa shape index (κ3) is 2.07. The van der Waals surface area contributed by atoms with Crippen LogP contribution in [0, 0.1) is 33.8 Å². The Morgan fingerprint density at radius 1 is 1.30 bits per heavy atom. The van der Waals surface area contributed by atoms with Gasteiger partial charge in [0.2, 0.25) is 11.8 Å². The van der Waals surface area contributed by atoms with E-state index in [0.717, 1.165) is 0 Å². The van der Waals surface area contributed by atoms with E-state index in [1.54, 1.807) is 6.92 Å². The lowest BCUT2D eigenvalue weighted by atomic mass is 10.0. The average molecular weight is 279 g/mol. The smallest absolute Gasteiger partial charge is 0.332 e. The molecule has 0 bridgehead atoms. The Balaban J connectivity index is 2.21. The zero-order valence-electron chi connectivity index (χ0n) is 12.5. The molecule has 0 unspecified atom stereocenters. The highest BCUT2D eigenvalue weighted by atomic mass is 16.6. The van der Waals surface area contributed by atoms with Crippen LogP contribution in [0.2, 0.25) is 0 Å². The first-order valence-electron chi connectivity index (χ1n) is 6.61. The van der Waals surface area contributed by atoms with Crippen molar-refractivity contribution >= 4 is 17.5 Å². The monoisotopic (exact) mass is 279 g/mol. The lowest BCUT2D eigenvalue weighted by molar-refractivity contribution is -0.385. The number of hydrogen-bond donors (Lipinski definition) is 2. The van der Waals surface area contributed by atoms with Crippen LogP contribution in [0.1, 0.15) is 33.4 Å². The minimum atomic E-state index is -0.472. The summed E-state index contributed by atoms with van der Waals surface area (Å²) in [6, 6.07) is 0. The van der Waals surface area contributed by atoms with Crippen molar-refractivity contribution in [3.63, 3.8) is 0 Å². The molecular formula is C13H21N5O2. The topological polar surface area (TPSA) is 107 Å². The summed E-state index contributed by atoms with van der Waals surface area (Å²) >= 11 is 0. The molecule has 3 N–H and O–H groups in total. The first-order valence-corrected chi connectivity index (χ1v) is 6.61. The molecule has 1 aliphatic carbocycles. The summed E-state index contributed by atoms with van der Waals surface area (Å²) < 4.78 is 0. The van der Waals surface area contributed by atoms with Crippen molar-refractivity contribution in [2.24, 2.45) is 16.7 Å². The van der Waals surface area contributed by atoms with Crippen molar-refractivity contribution in [2.75, 3.05) is 17.6 Å². The molecule has 1 aromatic heterocycles. The molecule has 7 heteroatoms. The molecule has 0 spiro atoms. The van der Waals surface area contributed by atoms with Crippen molar-refractivity contribution in [3.05, 3.63) is 15.8 Å². The molecule has 1 aliphatic rings. The standard InChI is InChI=1S/C13H21N5O2/c1-7-9(18(19)20)10(17-11(14)16-7)15-6-8-12(2,3)13(8,4)5/h8H,6H2,1-5H3,(H3,14,15,16,17). The number of aromatic nitrogens is 2. The molecule has 0 saturated heterocycles. The Morgan fingerprint density at radius 3 is 2.30 bits per heavy atom. The number of nitro groups is 1. The summed E-state index contributed by atoms with van der Waals surface area (Å²) in [5, 5.41) is 14.2. The second-order valence-electron chi connectivity index (χ2n) is 6.50. The number of nitrogen functional groups attached to an aromatic ring is 1. The minimum Gasteiger partial charge on any atom is -0.368 e. The van der Waals surface area contributed by atoms with E-state index in [1.807, 2.05) is 0 Å². The number of aryl methyl sites for hydroxylation is 1. The van der Waals surface area contributed by atoms with E-state index in [4.69, 9.17) is 5.73 Å². The predicted octanol–water partition coefficient (Wildman–Crippen LogP) is 2.37. The van der Waals surface area contributed by atoms with Gasteiger partial charge in [0.25, 0.3) is 0 Å². The fraction of sp³-hybridized carbons (Fsp3) is 0.692. The molecule has 2 rings (SSSR count). The second kappa shape index (κ2) is 4.29. The van der Waals surface area contributed by atoms with Crippen molar-refractivity contribution in [2.45, 2.75) is 34.6 Å². The third-order valence-electron chi connectivity index (χ3n) is 5.05. The summed E-state index contributed by atoms with van der Waals surface area (Å²) in [6.07, 6.45) is 0. The van der Waals surface area contributed by atoms with Gasteiger partial charge in [-0.1, -0.05) is 27.7 Å². The molecule has 7 nitrogen and oxygen atoms in total. The number of nitrogens with one attached hydrogen (secondary N) is 1. The quantitative estimate of drug-likeness (QED) is 0.647. The fourth-order valence-electron chi connectivity index (χ4n) is 2.97. The number of nitrogens with two attached hydrogens (primary N) is 1. The van der Waals surface area contributed by atoms with Crippen molar-refractivity contribution in [1.82, 2.24) is 9.97 Å². The maximum atomic E-state index is 11.1. The SMILES string of the molecule is Cc1nc(N)nc(NCC2C(C)(C)C2(C)C)c1[N+](=O)[O-]. The Hall–Kier alpha value is -1.92. The van der Waals surface area contributed by atoms with Gasteiger partial charge in [0.05, 0.1) is 4.92 Å². The van der Waals surface area contributed by atoms with E-state index in [9.17, 15) is 10.1 Å². The van der Waals surface area contributed by atoms with Gasteiger partial charge in [0.15, 0.2) is 0 Å². The van der Waals surface area contributed by atoms with Crippen molar-refractivity contribution in [1.29, 1.82) is 0 Å². The molecule has 0 amide bonds. The summed E-state index contributed by atoms with van der Waals surface area (Å²) in [4.78, 5) is 18.4. The lowest BCUT2D eigenvalue weighted by Crippen LogP contribution is -2.13. The molecule has 1 heterocycles. The van der Waals surface area contributed by atoms with Gasteiger partial charge in [-0.2, -0.15) is 4.98 Å². The Labute approximate surface area is 118 Å². The molecular weight excluding hydrogens is 258 g/mol. The van der Waals surface area contributed by atoms with Gasteiger partial charge in [-0.05, 0) is 23.7 Å². The van der Waals surface area contributed by atoms with Gasteiger partial charge in [0, 0.05) is 6.54 Å². The summed E-state index contributed by atoms with van der Waals surface area (Å²) in [6.45, 7) is 11.0. The summed E-state index contributed by atoms with van der Waals surface area (Å²) in [7, 11) is 0. The van der Waals surface area contributed by atoms with Crippen molar-refractivity contribution in [3.8, 4) is 0 Å². The van der Waals surface area contributed by atoms with Gasteiger partial charge >= 0.3 is 5.69 Å². The second-order valence-corrected chi connectivity index (χ2v) is 6.50. The van der Waals surface area contributed by atoms with Crippen LogP contribution in [-0.2, 0) is 0 Å². The summed E-state index contributed by atoms with van der Waals surface area (Å²) in [5.74, 6) is 0.689. The molecule has 20 heavy (non-hydrogen) atoms. The number of nitrogens with zero attached hydrogens (tertiary/aromatic N) is 3. The van der Waals surface area contributed by atoms with E-state index < -0.39 is 4.92 Å². The van der Waals surface area contributed by atoms with Gasteiger partial charge in [-0.25, -0.2) is 4.98 Å². The van der Waals surface area contributed by atoms with Crippen LogP contribution in [0.5, 0.6) is 0 Å². The fourth-order valence-corrected chi connectivity index (χ4v) is 2.97. The van der Waals surface area contributed by atoms with Crippen LogP contribution in [-0.4, -0.2) is 21.4 Å². The Kier molecular flexibility index (Phi) is 3.11. The average Bonchev–Trinajstić information content (AvgIpc) is 2.64. The summed E-state index contributed by atoms with van der Waals surface area (Å²) in [5.41, 5.74) is 6.17. The lowest BCUT2D eigenvalue weighted by Gasteiger charge is -2.09. The third-order valence-corrected chi connectivity index (χ3v) is 5.05. The van der Waals surface area contributed by atoms with Gasteiger partial charge in [-0.3, -0.25) is 10.1 Å². The first-order chi connectivity index (χ1) is 9.09. The number of rotatable bonds is 4. The zero-order chi connectivity index (χ0) is 15.3. The normalized spacial score (nSPS) is 19.6. The number of anilines is 2. The van der Waals surface area contributed by atoms with E-state index in [2.05, 4.69) is 43.0 Å². The highest BCUT2D eigenvalue weighted by Crippen LogP contribution is 2.68. The minimum absolute atomic E-state index is 0.0462. The van der Waals surface area contributed by atoms with E-state index >= 15 is 0 Å². The van der Waals surface area contributed by atoms with Crippen LogP contribution in [0.3, 0.4) is 0 Å². The van der Waals surface area contributed by atoms with E-state index in [-0.39, 0.29) is 34.0 Å². The first kappa shape index (κ1) is 14.5. The van der Waals surface area contributed by atoms with Crippen LogP contribution < -0.4 is 11.1 Å². The molecule has 1 fully saturated rings. The van der Waals surface area contributed by atoms with Crippen LogP contribution >= 0.6 is 0 Å². The highest BCUT2D eigenvalue weighted by Gasteiger charge is 2.64. The van der Waals surface area contributed by atoms with E-state index in [0.29, 0.717) is 12.5 Å². The maximum Gasteiger partial charge on any atom is 0.332 e.